The van der Waals surface area contributed by atoms with Crippen molar-refractivity contribution >= 4 is 32.2 Å². The zero-order valence-electron chi connectivity index (χ0n) is 32.3. The summed E-state index contributed by atoms with van der Waals surface area (Å²) in [7, 11) is 0. The first kappa shape index (κ1) is 46.5. The Balaban J connectivity index is 0.000000220. The SMILES string of the molecule is C=C(C)[O-].C=C(C)[O-].C[Si](=[Zr+2])c1ccccc1.Cc1cc2c(-c3ccccc3C(F)(F)F)cccc2[cH-]1.Cc1cc2c(-c3ccccc3C(F)(F)F)cccc2[cH-]1. The van der Waals surface area contributed by atoms with Crippen LogP contribution in [0, 0.1) is 13.8 Å². The summed E-state index contributed by atoms with van der Waals surface area (Å²) in [6.45, 7) is 15.1. The molecule has 0 atom stereocenters. The molecule has 0 aliphatic heterocycles. The van der Waals surface area contributed by atoms with Crippen LogP contribution in [-0.4, -0.2) is 5.43 Å². The van der Waals surface area contributed by atoms with Gasteiger partial charge in [-0.25, -0.2) is 0 Å². The monoisotopic (exact) mass is 870 g/mol. The maximum Gasteiger partial charge on any atom is 0.416 e. The van der Waals surface area contributed by atoms with Gasteiger partial charge in [0.2, 0.25) is 0 Å². The molecule has 294 valence electrons. The van der Waals surface area contributed by atoms with E-state index < -0.39 is 23.5 Å². The number of allylic oxidation sites excluding steroid dienone is 2. The summed E-state index contributed by atoms with van der Waals surface area (Å²) in [5.41, 5.74) is 2.52. The van der Waals surface area contributed by atoms with Gasteiger partial charge in [-0.1, -0.05) is 87.4 Å². The maximum atomic E-state index is 13.1. The number of rotatable bonds is 3. The Morgan fingerprint density at radius 2 is 0.860 bits per heavy atom. The van der Waals surface area contributed by atoms with Crippen LogP contribution < -0.4 is 15.4 Å². The first-order valence-corrected chi connectivity index (χ1v) is 23.3. The van der Waals surface area contributed by atoms with E-state index in [1.54, 1.807) is 64.9 Å². The van der Waals surface area contributed by atoms with Crippen molar-refractivity contribution in [2.45, 2.75) is 46.6 Å². The second-order valence-electron chi connectivity index (χ2n) is 13.2. The van der Waals surface area contributed by atoms with E-state index in [9.17, 15) is 36.6 Å². The number of aryl methyl sites for hydroxylation is 2. The molecule has 0 fully saturated rings. The molecule has 0 heterocycles. The topological polar surface area (TPSA) is 46.1 Å². The number of halogens is 6. The van der Waals surface area contributed by atoms with Gasteiger partial charge in [0.25, 0.3) is 0 Å². The van der Waals surface area contributed by atoms with E-state index in [4.69, 9.17) is 0 Å². The molecule has 0 aliphatic carbocycles. The van der Waals surface area contributed by atoms with Crippen molar-refractivity contribution < 1.29 is 59.9 Å². The second kappa shape index (κ2) is 21.0. The Bertz CT molecular complexity index is 2270. The molecule has 0 radical (unpaired) electrons. The van der Waals surface area contributed by atoms with Gasteiger partial charge in [-0.3, -0.25) is 0 Å². The van der Waals surface area contributed by atoms with Crippen LogP contribution in [-0.2, 0) is 35.7 Å². The van der Waals surface area contributed by atoms with Crippen LogP contribution in [0.5, 0.6) is 0 Å². The summed E-state index contributed by atoms with van der Waals surface area (Å²) in [6.07, 6.45) is -8.69. The van der Waals surface area contributed by atoms with Crippen molar-refractivity contribution in [2.75, 3.05) is 0 Å². The van der Waals surface area contributed by atoms with E-state index in [-0.39, 0.29) is 28.1 Å². The fourth-order valence-corrected chi connectivity index (χ4v) is 7.78. The summed E-state index contributed by atoms with van der Waals surface area (Å²) in [5.74, 6) is -0.167. The van der Waals surface area contributed by atoms with Gasteiger partial charge in [-0.05, 0) is 23.3 Å². The fourth-order valence-electron chi connectivity index (χ4n) is 5.86. The van der Waals surface area contributed by atoms with Gasteiger partial charge in [0.05, 0.1) is 11.1 Å². The zero-order chi connectivity index (χ0) is 42.5. The van der Waals surface area contributed by atoms with Gasteiger partial charge < -0.3 is 10.2 Å². The van der Waals surface area contributed by atoms with Crippen LogP contribution in [0.3, 0.4) is 0 Å². The van der Waals surface area contributed by atoms with Crippen LogP contribution in [0.2, 0.25) is 6.55 Å². The van der Waals surface area contributed by atoms with E-state index in [1.807, 2.05) is 50.2 Å². The second-order valence-corrected chi connectivity index (χ2v) is 20.5. The Morgan fingerprint density at radius 3 is 1.18 bits per heavy atom. The number of hydrogen-bond acceptors (Lipinski definition) is 2. The van der Waals surface area contributed by atoms with E-state index in [1.165, 1.54) is 38.1 Å². The molecule has 0 bridgehead atoms. The Labute approximate surface area is 345 Å². The molecule has 10 heteroatoms. The van der Waals surface area contributed by atoms with Crippen molar-refractivity contribution in [1.29, 1.82) is 0 Å². The third-order valence-electron chi connectivity index (χ3n) is 8.04. The largest absolute Gasteiger partial charge is 0.416 e. The third-order valence-corrected chi connectivity index (χ3v) is 11.4. The van der Waals surface area contributed by atoms with E-state index in [0.717, 1.165) is 44.8 Å². The van der Waals surface area contributed by atoms with Crippen LogP contribution in [0.15, 0.2) is 164 Å². The molecule has 7 aromatic carbocycles. The average Bonchev–Trinajstić information content (AvgIpc) is 3.72. The molecule has 0 spiro atoms. The van der Waals surface area contributed by atoms with E-state index in [0.29, 0.717) is 11.1 Å². The third kappa shape index (κ3) is 14.2. The van der Waals surface area contributed by atoms with Gasteiger partial charge in [-0.15, -0.1) is 93.7 Å². The number of alkyl halides is 6. The summed E-state index contributed by atoms with van der Waals surface area (Å²) in [4.78, 5) is 0. The minimum atomic E-state index is -4.35. The average molecular weight is 872 g/mol. The molecular formula is C47H42F6O2SiZr-2. The molecule has 0 unspecified atom stereocenters. The molecule has 7 rings (SSSR count). The summed E-state index contributed by atoms with van der Waals surface area (Å²) >= 11 is 1.69. The van der Waals surface area contributed by atoms with Crippen LogP contribution >= 0.6 is 0 Å². The van der Waals surface area contributed by atoms with Crippen molar-refractivity contribution in [3.05, 3.63) is 186 Å². The van der Waals surface area contributed by atoms with Gasteiger partial charge in [-0.2, -0.15) is 38.5 Å². The first-order chi connectivity index (χ1) is 26.7. The number of benzene rings is 5. The van der Waals surface area contributed by atoms with Gasteiger partial charge >= 0.3 is 83.2 Å². The molecule has 0 aliphatic rings. The van der Waals surface area contributed by atoms with Crippen LogP contribution in [0.4, 0.5) is 26.3 Å². The summed E-state index contributed by atoms with van der Waals surface area (Å²) in [5, 5.41) is 23.9. The van der Waals surface area contributed by atoms with Crippen molar-refractivity contribution in [3.63, 3.8) is 0 Å². The fraction of sp³-hybridized carbons (Fsp3) is 0.149. The smallest absolute Gasteiger partial charge is 0.166 e. The Hall–Kier alpha value is -4.92. The predicted octanol–water partition coefficient (Wildman–Crippen LogP) is 11.9. The van der Waals surface area contributed by atoms with Crippen molar-refractivity contribution in [3.8, 4) is 22.3 Å². The molecule has 57 heavy (non-hydrogen) atoms. The van der Waals surface area contributed by atoms with Crippen molar-refractivity contribution in [2.24, 2.45) is 0 Å². The Morgan fingerprint density at radius 1 is 0.544 bits per heavy atom. The molecule has 0 aromatic heterocycles. The number of hydrogen-bond donors (Lipinski definition) is 0. The minimum absolute atomic E-state index is 0.0833. The van der Waals surface area contributed by atoms with E-state index >= 15 is 0 Å². The quantitative estimate of drug-likeness (QED) is 0.0768. The van der Waals surface area contributed by atoms with Crippen LogP contribution in [0.1, 0.15) is 36.1 Å². The summed E-state index contributed by atoms with van der Waals surface area (Å²) in [6, 6.07) is 40.9. The van der Waals surface area contributed by atoms with Crippen molar-refractivity contribution in [1.82, 2.24) is 0 Å². The molecule has 0 saturated carbocycles. The first-order valence-electron chi connectivity index (χ1n) is 17.6. The van der Waals surface area contributed by atoms with Gasteiger partial charge in [0.1, 0.15) is 0 Å². The standard InChI is InChI=1S/2C17H12F3.C7H8Si.2C3H6O.Zr/c2*1-11-9-12-5-4-7-13(15(12)10-11)14-6-2-3-8-16(14)17(18,19)20;1-8-7-5-3-2-4-6-7;2*1-3(2)4;/h2*2-10H,1H3;2-6H,1H3;2*4H,1H2,2H3;/q2*-1;;;;+2/p-2. The minimum Gasteiger partial charge on any atom is -0.166 e. The molecule has 0 saturated heterocycles. The molecule has 2 nitrogen and oxygen atoms in total. The maximum absolute atomic E-state index is 13.1. The summed E-state index contributed by atoms with van der Waals surface area (Å²) < 4.78 is 78.8. The van der Waals surface area contributed by atoms with Gasteiger partial charge in [0.15, 0.2) is 0 Å². The molecular weight excluding hydrogens is 830 g/mol. The molecule has 0 N–H and O–H groups in total. The van der Waals surface area contributed by atoms with Crippen LogP contribution in [0.25, 0.3) is 43.8 Å². The predicted molar refractivity (Wildman–Crippen MR) is 217 cm³/mol. The van der Waals surface area contributed by atoms with Gasteiger partial charge in [0, 0.05) is 0 Å². The normalized spacial score (nSPS) is 10.8. The molecule has 7 aromatic rings. The Kier molecular flexibility index (Phi) is 17.1. The van der Waals surface area contributed by atoms with E-state index in [2.05, 4.69) is 50.0 Å². The zero-order valence-corrected chi connectivity index (χ0v) is 35.7. The molecule has 0 amide bonds. The number of fused-ring (bicyclic) bond motifs is 2.